The van der Waals surface area contributed by atoms with Crippen LogP contribution >= 0.6 is 23.4 Å². The summed E-state index contributed by atoms with van der Waals surface area (Å²) in [6.07, 6.45) is 0. The molecule has 0 aliphatic carbocycles. The van der Waals surface area contributed by atoms with Gasteiger partial charge in [0.25, 0.3) is 0 Å². The Labute approximate surface area is 177 Å². The number of carbonyl (C=O) groups excluding carboxylic acids is 1. The summed E-state index contributed by atoms with van der Waals surface area (Å²) in [5.41, 5.74) is 5.33. The number of ether oxygens (including phenoxy) is 1. The second kappa shape index (κ2) is 8.86. The molecule has 2 N–H and O–H groups in total. The van der Waals surface area contributed by atoms with E-state index >= 15 is 0 Å². The van der Waals surface area contributed by atoms with E-state index in [1.54, 1.807) is 7.11 Å². The monoisotopic (exact) mass is 429 g/mol. The van der Waals surface area contributed by atoms with Crippen LogP contribution in [0, 0.1) is 0 Å². The number of fused-ring (bicyclic) bond motifs is 1. The number of carbonyl (C=O) groups is 1. The number of aromatic nitrogens is 3. The number of hydrogen-bond donors (Lipinski definition) is 2. The van der Waals surface area contributed by atoms with Crippen molar-refractivity contribution in [2.75, 3.05) is 25.7 Å². The normalized spacial score (nSPS) is 18.0. The molecule has 7 nitrogen and oxygen atoms in total. The Balaban J connectivity index is 1.68. The quantitative estimate of drug-likeness (QED) is 0.586. The molecule has 0 radical (unpaired) electrons. The molecule has 29 heavy (non-hydrogen) atoms. The molecule has 0 bridgehead atoms. The summed E-state index contributed by atoms with van der Waals surface area (Å²) in [4.78, 5) is 12.9. The zero-order chi connectivity index (χ0) is 20.2. The topological polar surface area (TPSA) is 81.1 Å². The summed E-state index contributed by atoms with van der Waals surface area (Å²) in [5, 5.41) is 12.4. The van der Waals surface area contributed by atoms with Gasteiger partial charge in [0.15, 0.2) is 5.82 Å². The van der Waals surface area contributed by atoms with Crippen LogP contribution in [0.15, 0.2) is 59.8 Å². The van der Waals surface area contributed by atoms with Gasteiger partial charge in [0.2, 0.25) is 11.1 Å². The molecule has 150 valence electrons. The summed E-state index contributed by atoms with van der Waals surface area (Å²) in [6.45, 7) is 0.901. The van der Waals surface area contributed by atoms with Gasteiger partial charge in [-0.3, -0.25) is 4.79 Å². The van der Waals surface area contributed by atoms with Crippen molar-refractivity contribution in [1.82, 2.24) is 20.2 Å². The minimum Gasteiger partial charge on any atom is -0.383 e. The van der Waals surface area contributed by atoms with Gasteiger partial charge >= 0.3 is 0 Å². The highest BCUT2D eigenvalue weighted by Gasteiger charge is 2.37. The molecule has 0 saturated heterocycles. The molecule has 1 amide bonds. The predicted octanol–water partition coefficient (Wildman–Crippen LogP) is 3.12. The van der Waals surface area contributed by atoms with E-state index in [4.69, 9.17) is 16.3 Å². The molecule has 4 rings (SSSR count). The Morgan fingerprint density at radius 2 is 1.97 bits per heavy atom. The second-order valence-electron chi connectivity index (χ2n) is 6.49. The van der Waals surface area contributed by atoms with E-state index in [0.717, 1.165) is 11.1 Å². The summed E-state index contributed by atoms with van der Waals surface area (Å²) in [6, 6.07) is 17.0. The number of thioether (sulfide) groups is 1. The highest BCUT2D eigenvalue weighted by Crippen LogP contribution is 2.38. The first-order valence-corrected chi connectivity index (χ1v) is 10.4. The fourth-order valence-corrected chi connectivity index (χ4v) is 4.36. The van der Waals surface area contributed by atoms with E-state index < -0.39 is 5.25 Å². The molecular formula is C20H20ClN5O2S. The van der Waals surface area contributed by atoms with Gasteiger partial charge in [-0.1, -0.05) is 65.8 Å². The van der Waals surface area contributed by atoms with Crippen LogP contribution in [-0.2, 0) is 9.53 Å². The maximum atomic E-state index is 12.9. The van der Waals surface area contributed by atoms with Crippen molar-refractivity contribution < 1.29 is 9.53 Å². The van der Waals surface area contributed by atoms with Crippen LogP contribution in [-0.4, -0.2) is 46.3 Å². The van der Waals surface area contributed by atoms with Crippen LogP contribution in [0.1, 0.15) is 11.6 Å². The number of methoxy groups -OCH3 is 1. The number of amides is 1. The van der Waals surface area contributed by atoms with Crippen LogP contribution in [0.2, 0.25) is 5.02 Å². The van der Waals surface area contributed by atoms with Crippen molar-refractivity contribution in [1.29, 1.82) is 0 Å². The molecular weight excluding hydrogens is 410 g/mol. The number of nitrogens with one attached hydrogen (secondary N) is 2. The first-order valence-electron chi connectivity index (χ1n) is 9.13. The minimum absolute atomic E-state index is 0.0880. The van der Waals surface area contributed by atoms with E-state index in [2.05, 4.69) is 20.9 Å². The molecule has 0 saturated carbocycles. The van der Waals surface area contributed by atoms with Crippen molar-refractivity contribution in [2.24, 2.45) is 0 Å². The van der Waals surface area contributed by atoms with E-state index in [1.165, 1.54) is 11.8 Å². The van der Waals surface area contributed by atoms with Crippen molar-refractivity contribution in [3.05, 3.63) is 65.2 Å². The lowest BCUT2D eigenvalue weighted by molar-refractivity contribution is -0.121. The number of halogens is 1. The van der Waals surface area contributed by atoms with Gasteiger partial charge in [0, 0.05) is 24.2 Å². The zero-order valence-electron chi connectivity index (χ0n) is 15.7. The second-order valence-corrected chi connectivity index (χ2v) is 8.03. The Kier molecular flexibility index (Phi) is 6.03. The van der Waals surface area contributed by atoms with Crippen molar-refractivity contribution >= 4 is 29.3 Å². The molecule has 0 spiro atoms. The van der Waals surface area contributed by atoms with E-state index in [-0.39, 0.29) is 11.9 Å². The van der Waals surface area contributed by atoms with Crippen molar-refractivity contribution in [3.8, 4) is 11.4 Å². The maximum Gasteiger partial charge on any atom is 0.236 e. The molecule has 3 aromatic rings. The number of nitrogens with zero attached hydrogens (tertiary/aromatic N) is 3. The van der Waals surface area contributed by atoms with Gasteiger partial charge in [-0.2, -0.15) is 0 Å². The average molecular weight is 430 g/mol. The van der Waals surface area contributed by atoms with Gasteiger partial charge < -0.3 is 15.5 Å². The third kappa shape index (κ3) is 4.24. The Bertz CT molecular complexity index is 980. The fourth-order valence-electron chi connectivity index (χ4n) is 3.13. The van der Waals surface area contributed by atoms with Crippen LogP contribution in [0.5, 0.6) is 0 Å². The third-order valence-electron chi connectivity index (χ3n) is 4.56. The van der Waals surface area contributed by atoms with Crippen LogP contribution in [0.4, 0.5) is 0 Å². The van der Waals surface area contributed by atoms with Gasteiger partial charge in [-0.15, -0.1) is 10.2 Å². The molecule has 1 aromatic heterocycles. The van der Waals surface area contributed by atoms with Gasteiger partial charge in [-0.05, 0) is 17.7 Å². The lowest BCUT2D eigenvalue weighted by Gasteiger charge is -2.33. The fraction of sp³-hybridized carbons (Fsp3) is 0.250. The molecule has 9 heteroatoms. The number of rotatable bonds is 6. The Morgan fingerprint density at radius 3 is 2.69 bits per heavy atom. The number of hydrogen-bond acceptors (Lipinski definition) is 6. The summed E-state index contributed by atoms with van der Waals surface area (Å²) in [7, 11) is 1.60. The predicted molar refractivity (Wildman–Crippen MR) is 114 cm³/mol. The van der Waals surface area contributed by atoms with E-state index in [9.17, 15) is 4.79 Å². The molecule has 2 unspecified atom stereocenters. The molecule has 2 aromatic carbocycles. The van der Waals surface area contributed by atoms with Gasteiger partial charge in [0.1, 0.15) is 5.25 Å². The van der Waals surface area contributed by atoms with E-state index in [1.807, 2.05) is 59.3 Å². The van der Waals surface area contributed by atoms with Crippen LogP contribution < -0.4 is 10.7 Å². The molecule has 1 aliphatic heterocycles. The highest BCUT2D eigenvalue weighted by molar-refractivity contribution is 8.00. The summed E-state index contributed by atoms with van der Waals surface area (Å²) >= 11 is 7.45. The standard InChI is InChI=1S/C20H20ClN5O2S/c1-28-12-11-22-19(27)17-16(13-7-9-15(21)10-8-13)25-26-18(23-24-20(26)29-17)14-5-3-2-4-6-14/h2-10,16-17,25H,11-12H2,1H3,(H,22,27). The molecule has 2 atom stereocenters. The first kappa shape index (κ1) is 19.8. The maximum absolute atomic E-state index is 12.9. The van der Waals surface area contributed by atoms with E-state index in [0.29, 0.717) is 29.2 Å². The average Bonchev–Trinajstić information content (AvgIpc) is 3.17. The van der Waals surface area contributed by atoms with Gasteiger partial charge in [-0.25, -0.2) is 4.68 Å². The van der Waals surface area contributed by atoms with Gasteiger partial charge in [0.05, 0.1) is 12.6 Å². The third-order valence-corrected chi connectivity index (χ3v) is 6.03. The molecule has 0 fully saturated rings. The van der Waals surface area contributed by atoms with Crippen LogP contribution in [0.25, 0.3) is 11.4 Å². The summed E-state index contributed by atoms with van der Waals surface area (Å²) in [5.74, 6) is 0.611. The zero-order valence-corrected chi connectivity index (χ0v) is 17.3. The van der Waals surface area contributed by atoms with Crippen molar-refractivity contribution in [3.63, 3.8) is 0 Å². The smallest absolute Gasteiger partial charge is 0.236 e. The van der Waals surface area contributed by atoms with Crippen LogP contribution in [0.3, 0.4) is 0 Å². The number of benzene rings is 2. The Hall–Kier alpha value is -2.55. The minimum atomic E-state index is -0.423. The Morgan fingerprint density at radius 1 is 1.21 bits per heavy atom. The highest BCUT2D eigenvalue weighted by atomic mass is 35.5. The lowest BCUT2D eigenvalue weighted by atomic mass is 10.0. The summed E-state index contributed by atoms with van der Waals surface area (Å²) < 4.78 is 6.88. The first-order chi connectivity index (χ1) is 14.2. The molecule has 1 aliphatic rings. The lowest BCUT2D eigenvalue weighted by Crippen LogP contribution is -2.44. The largest absolute Gasteiger partial charge is 0.383 e. The SMILES string of the molecule is COCCNC(=O)C1Sc2nnc(-c3ccccc3)n2NC1c1ccc(Cl)cc1. The molecule has 2 heterocycles. The van der Waals surface area contributed by atoms with Crippen molar-refractivity contribution in [2.45, 2.75) is 16.4 Å².